The first-order valence-corrected chi connectivity index (χ1v) is 7.08. The molecule has 1 aromatic carbocycles. The Morgan fingerprint density at radius 2 is 1.74 bits per heavy atom. The molecule has 2 heteroatoms. The van der Waals surface area contributed by atoms with Gasteiger partial charge in [-0.3, -0.25) is 5.41 Å². The van der Waals surface area contributed by atoms with Crippen molar-refractivity contribution in [3.63, 3.8) is 0 Å². The molecule has 0 unspecified atom stereocenters. The Kier molecular flexibility index (Phi) is 8.60. The lowest BCUT2D eigenvalue weighted by atomic mass is 10.0. The molecule has 0 aliphatic carbocycles. The zero-order chi connectivity index (χ0) is 14.8. The second-order valence-electron chi connectivity index (χ2n) is 4.43. The Balaban J connectivity index is 0.00000154. The van der Waals surface area contributed by atoms with Gasteiger partial charge in [0.1, 0.15) is 0 Å². The molecule has 2 nitrogen and oxygen atoms in total. The highest BCUT2D eigenvalue weighted by molar-refractivity contribution is 5.92. The summed E-state index contributed by atoms with van der Waals surface area (Å²) in [6.07, 6.45) is 2.89. The first kappa shape index (κ1) is 17.4. The van der Waals surface area contributed by atoms with Gasteiger partial charge in [-0.05, 0) is 43.0 Å². The molecule has 0 fully saturated rings. The number of hydrogen-bond acceptors (Lipinski definition) is 2. The second kappa shape index (κ2) is 9.37. The van der Waals surface area contributed by atoms with Crippen LogP contribution in [-0.4, -0.2) is 5.90 Å². The molecule has 106 valence electrons. The fourth-order valence-electron chi connectivity index (χ4n) is 1.57. The summed E-state index contributed by atoms with van der Waals surface area (Å²) in [5, 5.41) is 7.85. The molecule has 1 N–H and O–H groups in total. The Bertz CT molecular complexity index is 402. The van der Waals surface area contributed by atoms with Crippen LogP contribution in [0.1, 0.15) is 65.0 Å². The first-order valence-electron chi connectivity index (χ1n) is 7.08. The van der Waals surface area contributed by atoms with Crippen molar-refractivity contribution < 1.29 is 4.74 Å². The van der Waals surface area contributed by atoms with E-state index in [0.29, 0.717) is 5.92 Å². The van der Waals surface area contributed by atoms with Gasteiger partial charge in [0.25, 0.3) is 0 Å². The summed E-state index contributed by atoms with van der Waals surface area (Å²) >= 11 is 0. The van der Waals surface area contributed by atoms with Gasteiger partial charge in [-0.15, -0.1) is 0 Å². The zero-order valence-electron chi connectivity index (χ0n) is 13.1. The summed E-state index contributed by atoms with van der Waals surface area (Å²) in [7, 11) is 0. The topological polar surface area (TPSA) is 33.1 Å². The van der Waals surface area contributed by atoms with Gasteiger partial charge < -0.3 is 4.74 Å². The summed E-state index contributed by atoms with van der Waals surface area (Å²) in [5.41, 5.74) is 2.10. The molecule has 1 aromatic rings. The second-order valence-corrected chi connectivity index (χ2v) is 4.43. The fraction of sp³-hybridized carbons (Fsp3) is 0.471. The van der Waals surface area contributed by atoms with Gasteiger partial charge in [0.05, 0.1) is 5.76 Å². The number of rotatable bonds is 4. The van der Waals surface area contributed by atoms with Gasteiger partial charge in [-0.1, -0.05) is 46.8 Å². The van der Waals surface area contributed by atoms with E-state index in [0.717, 1.165) is 17.7 Å². The lowest BCUT2D eigenvalue weighted by Gasteiger charge is -2.09. The summed E-state index contributed by atoms with van der Waals surface area (Å²) < 4.78 is 5.42. The van der Waals surface area contributed by atoms with Crippen LogP contribution in [0.25, 0.3) is 0 Å². The van der Waals surface area contributed by atoms with Crippen molar-refractivity contribution >= 4 is 5.90 Å². The third-order valence-electron chi connectivity index (χ3n) is 2.59. The van der Waals surface area contributed by atoms with E-state index in [4.69, 9.17) is 10.1 Å². The molecular weight excluding hydrogens is 234 g/mol. The van der Waals surface area contributed by atoms with E-state index in [9.17, 15) is 0 Å². The van der Waals surface area contributed by atoms with Gasteiger partial charge >= 0.3 is 0 Å². The Hall–Kier alpha value is -1.57. The minimum Gasteiger partial charge on any atom is -0.444 e. The minimum absolute atomic E-state index is 0.211. The molecule has 0 heterocycles. The molecule has 19 heavy (non-hydrogen) atoms. The van der Waals surface area contributed by atoms with Crippen LogP contribution in [0.5, 0.6) is 0 Å². The largest absolute Gasteiger partial charge is 0.444 e. The van der Waals surface area contributed by atoms with Gasteiger partial charge in [0, 0.05) is 5.56 Å². The molecule has 1 rings (SSSR count). The predicted molar refractivity (Wildman–Crippen MR) is 83.8 cm³/mol. The molecule has 0 aliphatic heterocycles. The van der Waals surface area contributed by atoms with Crippen molar-refractivity contribution in [1.29, 1.82) is 5.41 Å². The monoisotopic (exact) mass is 261 g/mol. The highest BCUT2D eigenvalue weighted by atomic mass is 16.5. The van der Waals surface area contributed by atoms with Gasteiger partial charge in [0.2, 0.25) is 5.90 Å². The van der Waals surface area contributed by atoms with E-state index in [1.807, 2.05) is 45.9 Å². The van der Waals surface area contributed by atoms with Crippen LogP contribution >= 0.6 is 0 Å². The van der Waals surface area contributed by atoms with E-state index in [-0.39, 0.29) is 5.90 Å². The summed E-state index contributed by atoms with van der Waals surface area (Å²) in [6.45, 7) is 12.2. The quantitative estimate of drug-likeness (QED) is 0.434. The average Bonchev–Trinajstić information content (AvgIpc) is 2.41. The summed E-state index contributed by atoms with van der Waals surface area (Å²) in [4.78, 5) is 0. The molecule has 0 saturated heterocycles. The van der Waals surface area contributed by atoms with E-state index in [2.05, 4.69) is 26.0 Å². The maximum Gasteiger partial charge on any atom is 0.218 e. The number of hydrogen-bond donors (Lipinski definition) is 1. The lowest BCUT2D eigenvalue weighted by molar-refractivity contribution is 0.412. The van der Waals surface area contributed by atoms with Gasteiger partial charge in [0.15, 0.2) is 0 Å². The lowest BCUT2D eigenvalue weighted by Crippen LogP contribution is -2.04. The van der Waals surface area contributed by atoms with Gasteiger partial charge in [-0.25, -0.2) is 0 Å². The maximum absolute atomic E-state index is 7.85. The Morgan fingerprint density at radius 3 is 2.16 bits per heavy atom. The molecule has 0 bridgehead atoms. The normalized spacial score (nSPS) is 10.8. The van der Waals surface area contributed by atoms with Crippen molar-refractivity contribution in [3.05, 3.63) is 47.2 Å². The van der Waals surface area contributed by atoms with Crippen LogP contribution in [0.15, 0.2) is 36.1 Å². The molecule has 0 spiro atoms. The van der Waals surface area contributed by atoms with Crippen LogP contribution in [0.4, 0.5) is 0 Å². The number of benzene rings is 1. The predicted octanol–water partition coefficient (Wildman–Crippen LogP) is 5.49. The molecule has 0 aliphatic rings. The highest BCUT2D eigenvalue weighted by Gasteiger charge is 2.05. The van der Waals surface area contributed by atoms with Crippen molar-refractivity contribution in [3.8, 4) is 0 Å². The Labute approximate surface area is 118 Å². The summed E-state index contributed by atoms with van der Waals surface area (Å²) in [6, 6.07) is 7.99. The highest BCUT2D eigenvalue weighted by Crippen LogP contribution is 2.15. The molecule has 0 amide bonds. The van der Waals surface area contributed by atoms with Crippen molar-refractivity contribution in [2.75, 3.05) is 0 Å². The van der Waals surface area contributed by atoms with E-state index in [1.165, 1.54) is 5.56 Å². The maximum atomic E-state index is 7.85. The SMILES string of the molecule is CC.CC/C=C(\C)OC(=N)c1ccc(C(C)C)cc1. The van der Waals surface area contributed by atoms with E-state index in [1.54, 1.807) is 0 Å². The minimum atomic E-state index is 0.211. The van der Waals surface area contributed by atoms with Crippen molar-refractivity contribution in [2.24, 2.45) is 0 Å². The van der Waals surface area contributed by atoms with Crippen molar-refractivity contribution in [1.82, 2.24) is 0 Å². The molecular formula is C17H27NO. The first-order chi connectivity index (χ1) is 9.04. The van der Waals surface area contributed by atoms with Crippen LogP contribution in [-0.2, 0) is 4.74 Å². The molecule has 0 radical (unpaired) electrons. The van der Waals surface area contributed by atoms with E-state index >= 15 is 0 Å². The fourth-order valence-corrected chi connectivity index (χ4v) is 1.57. The zero-order valence-corrected chi connectivity index (χ0v) is 13.1. The van der Waals surface area contributed by atoms with Crippen molar-refractivity contribution in [2.45, 2.75) is 53.9 Å². The summed E-state index contributed by atoms with van der Waals surface area (Å²) in [5.74, 6) is 1.51. The number of nitrogens with one attached hydrogen (secondary N) is 1. The smallest absolute Gasteiger partial charge is 0.218 e. The van der Waals surface area contributed by atoms with E-state index < -0.39 is 0 Å². The molecule has 0 aromatic heterocycles. The number of allylic oxidation sites excluding steroid dienone is 2. The van der Waals surface area contributed by atoms with Crippen LogP contribution in [0.2, 0.25) is 0 Å². The van der Waals surface area contributed by atoms with Gasteiger partial charge in [-0.2, -0.15) is 0 Å². The third-order valence-corrected chi connectivity index (χ3v) is 2.59. The average molecular weight is 261 g/mol. The van der Waals surface area contributed by atoms with Crippen LogP contribution < -0.4 is 0 Å². The van der Waals surface area contributed by atoms with Crippen LogP contribution in [0, 0.1) is 5.41 Å². The number of ether oxygens (including phenoxy) is 1. The molecule has 0 saturated carbocycles. The third kappa shape index (κ3) is 6.23. The molecule has 0 atom stereocenters. The standard InChI is InChI=1S/C15H21NO.C2H6/c1-5-6-12(4)17-15(16)14-9-7-13(8-10-14)11(2)3;1-2/h6-11,16H,5H2,1-4H3;1-2H3/b12-6+,16-15?;. The Morgan fingerprint density at radius 1 is 1.21 bits per heavy atom. The van der Waals surface area contributed by atoms with Crippen LogP contribution in [0.3, 0.4) is 0 Å².